The molecule has 0 unspecified atom stereocenters. The molecule has 4 heterocycles. The summed E-state index contributed by atoms with van der Waals surface area (Å²) in [5.41, 5.74) is 2.71. The lowest BCUT2D eigenvalue weighted by Gasteiger charge is -2.12. The second-order valence-electron chi connectivity index (χ2n) is 6.24. The van der Waals surface area contributed by atoms with Gasteiger partial charge in [-0.1, -0.05) is 0 Å². The highest BCUT2D eigenvalue weighted by Gasteiger charge is 2.60. The zero-order valence-corrected chi connectivity index (χ0v) is 12.9. The molecule has 6 nitrogen and oxygen atoms in total. The summed E-state index contributed by atoms with van der Waals surface area (Å²) in [6, 6.07) is 2.00. The van der Waals surface area contributed by atoms with Crippen molar-refractivity contribution in [2.24, 2.45) is 5.92 Å². The van der Waals surface area contributed by atoms with Crippen LogP contribution in [0.5, 0.6) is 0 Å². The Morgan fingerprint density at radius 2 is 2.36 bits per heavy atom. The molecule has 3 N–H and O–H groups in total. The smallest absolute Gasteiger partial charge is 0.268 e. The van der Waals surface area contributed by atoms with Crippen LogP contribution in [0.4, 0.5) is 0 Å². The number of nitrogens with zero attached hydrogens (tertiary/aromatic N) is 2. The van der Waals surface area contributed by atoms with E-state index in [0.717, 1.165) is 40.4 Å². The molecule has 2 atom stereocenters. The van der Waals surface area contributed by atoms with Gasteiger partial charge in [-0.2, -0.15) is 5.10 Å². The molecule has 0 amide bonds. The summed E-state index contributed by atoms with van der Waals surface area (Å²) < 4.78 is 0.686. The maximum Gasteiger partial charge on any atom is 0.268 e. The Labute approximate surface area is 130 Å². The van der Waals surface area contributed by atoms with Gasteiger partial charge in [-0.05, 0) is 38.3 Å². The SMILES string of the molecule is Cc1[nH]ncc1-c1cc2nc([C@]34C[C@H]3CCN4)[nH]c(=O)c2s1. The standard InChI is InChI=1S/C15H15N5OS/c1-7-9(6-17-20-7)11-4-10-12(22-11)13(21)19-14(18-10)15-5-8(15)2-3-16-15/h4,6,8,16H,2-3,5H2,1H3,(H,17,20)(H,18,19,21)/t8-,15+/m1/s1. The third kappa shape index (κ3) is 1.55. The Kier molecular flexibility index (Phi) is 2.31. The highest BCUT2D eigenvalue weighted by molar-refractivity contribution is 7.22. The second-order valence-corrected chi connectivity index (χ2v) is 7.29. The minimum absolute atomic E-state index is 0.0360. The summed E-state index contributed by atoms with van der Waals surface area (Å²) in [5.74, 6) is 1.43. The van der Waals surface area contributed by atoms with Crippen molar-refractivity contribution in [2.45, 2.75) is 25.3 Å². The number of piperidine rings is 1. The molecule has 0 aromatic carbocycles. The quantitative estimate of drug-likeness (QED) is 0.674. The number of aromatic amines is 2. The van der Waals surface area contributed by atoms with Crippen LogP contribution in [-0.4, -0.2) is 26.7 Å². The van der Waals surface area contributed by atoms with E-state index < -0.39 is 0 Å². The van der Waals surface area contributed by atoms with Crippen LogP contribution in [0.1, 0.15) is 24.4 Å². The van der Waals surface area contributed by atoms with E-state index in [1.54, 1.807) is 6.20 Å². The highest BCUT2D eigenvalue weighted by atomic mass is 32.1. The molecular weight excluding hydrogens is 298 g/mol. The van der Waals surface area contributed by atoms with Gasteiger partial charge in [0.25, 0.3) is 5.56 Å². The molecule has 1 saturated heterocycles. The summed E-state index contributed by atoms with van der Waals surface area (Å²) in [5, 5.41) is 10.5. The van der Waals surface area contributed by atoms with E-state index in [-0.39, 0.29) is 11.1 Å². The van der Waals surface area contributed by atoms with Crippen molar-refractivity contribution in [2.75, 3.05) is 6.54 Å². The maximum atomic E-state index is 12.4. The van der Waals surface area contributed by atoms with Crippen LogP contribution in [0.25, 0.3) is 20.7 Å². The van der Waals surface area contributed by atoms with Gasteiger partial charge in [0.05, 0.1) is 17.3 Å². The van der Waals surface area contributed by atoms with Crippen molar-refractivity contribution in [3.63, 3.8) is 0 Å². The van der Waals surface area contributed by atoms with Gasteiger partial charge >= 0.3 is 0 Å². The van der Waals surface area contributed by atoms with E-state index in [9.17, 15) is 4.79 Å². The monoisotopic (exact) mass is 313 g/mol. The molecule has 0 radical (unpaired) electrons. The Balaban J connectivity index is 1.69. The van der Waals surface area contributed by atoms with Crippen molar-refractivity contribution in [1.82, 2.24) is 25.5 Å². The Hall–Kier alpha value is -1.99. The van der Waals surface area contributed by atoms with E-state index in [1.165, 1.54) is 17.8 Å². The molecule has 2 aliphatic rings. The van der Waals surface area contributed by atoms with Crippen LogP contribution in [0.3, 0.4) is 0 Å². The second kappa shape index (κ2) is 4.05. The average molecular weight is 313 g/mol. The summed E-state index contributed by atoms with van der Waals surface area (Å²) in [6.07, 6.45) is 4.05. The number of aromatic nitrogens is 4. The number of hydrogen-bond acceptors (Lipinski definition) is 5. The van der Waals surface area contributed by atoms with E-state index in [1.807, 2.05) is 13.0 Å². The van der Waals surface area contributed by atoms with Gasteiger partial charge in [0.2, 0.25) is 0 Å². The Morgan fingerprint density at radius 1 is 1.45 bits per heavy atom. The summed E-state index contributed by atoms with van der Waals surface area (Å²) in [7, 11) is 0. The van der Waals surface area contributed by atoms with Crippen LogP contribution in [-0.2, 0) is 5.54 Å². The minimum Gasteiger partial charge on any atom is -0.308 e. The molecule has 2 fully saturated rings. The number of thiophene rings is 1. The van der Waals surface area contributed by atoms with Gasteiger partial charge in [-0.25, -0.2) is 4.98 Å². The molecule has 112 valence electrons. The first-order valence-electron chi connectivity index (χ1n) is 7.47. The summed E-state index contributed by atoms with van der Waals surface area (Å²) in [4.78, 5) is 21.2. The molecule has 22 heavy (non-hydrogen) atoms. The molecule has 3 aromatic heterocycles. The Morgan fingerprint density at radius 3 is 3.05 bits per heavy atom. The van der Waals surface area contributed by atoms with Crippen molar-refractivity contribution < 1.29 is 0 Å². The Bertz CT molecular complexity index is 954. The molecule has 5 rings (SSSR count). The first-order chi connectivity index (χ1) is 10.7. The van der Waals surface area contributed by atoms with E-state index >= 15 is 0 Å². The topological polar surface area (TPSA) is 86.5 Å². The maximum absolute atomic E-state index is 12.4. The fraction of sp³-hybridized carbons (Fsp3) is 0.400. The van der Waals surface area contributed by atoms with Gasteiger partial charge in [0, 0.05) is 16.1 Å². The zero-order valence-electron chi connectivity index (χ0n) is 12.1. The molecule has 0 bridgehead atoms. The molecule has 0 spiro atoms. The molecule has 1 aliphatic heterocycles. The number of rotatable bonds is 2. The lowest BCUT2D eigenvalue weighted by Crippen LogP contribution is -2.30. The van der Waals surface area contributed by atoms with Gasteiger partial charge < -0.3 is 10.3 Å². The third-order valence-electron chi connectivity index (χ3n) is 4.94. The molecule has 1 aliphatic carbocycles. The van der Waals surface area contributed by atoms with Crippen LogP contribution in [0, 0.1) is 12.8 Å². The van der Waals surface area contributed by atoms with Crippen molar-refractivity contribution >= 4 is 21.6 Å². The lowest BCUT2D eigenvalue weighted by atomic mass is 10.2. The minimum atomic E-state index is -0.0684. The van der Waals surface area contributed by atoms with E-state index in [0.29, 0.717) is 10.6 Å². The van der Waals surface area contributed by atoms with Crippen LogP contribution in [0.15, 0.2) is 17.1 Å². The molecule has 1 saturated carbocycles. The number of aryl methyl sites for hydroxylation is 1. The average Bonchev–Trinajstić information content (AvgIpc) is 2.92. The predicted octanol–water partition coefficient (Wildman–Crippen LogP) is 1.89. The normalized spacial score (nSPS) is 26.5. The zero-order chi connectivity index (χ0) is 14.9. The van der Waals surface area contributed by atoms with Gasteiger partial charge in [0.1, 0.15) is 10.5 Å². The van der Waals surface area contributed by atoms with Crippen molar-refractivity contribution in [3.8, 4) is 10.4 Å². The molecular formula is C15H15N5OS. The van der Waals surface area contributed by atoms with Gasteiger partial charge in [0.15, 0.2) is 0 Å². The van der Waals surface area contributed by atoms with Gasteiger partial charge in [-0.3, -0.25) is 9.89 Å². The fourth-order valence-electron chi connectivity index (χ4n) is 3.62. The highest BCUT2D eigenvalue weighted by Crippen LogP contribution is 2.55. The first-order valence-corrected chi connectivity index (χ1v) is 8.29. The fourth-order valence-corrected chi connectivity index (χ4v) is 4.68. The number of hydrogen-bond donors (Lipinski definition) is 3. The van der Waals surface area contributed by atoms with Crippen LogP contribution >= 0.6 is 11.3 Å². The first kappa shape index (κ1) is 12.5. The van der Waals surface area contributed by atoms with Crippen molar-refractivity contribution in [1.29, 1.82) is 0 Å². The largest absolute Gasteiger partial charge is 0.308 e. The lowest BCUT2D eigenvalue weighted by molar-refractivity contribution is 0.544. The van der Waals surface area contributed by atoms with Crippen molar-refractivity contribution in [3.05, 3.63) is 34.1 Å². The summed E-state index contributed by atoms with van der Waals surface area (Å²) >= 11 is 1.47. The molecule has 7 heteroatoms. The van der Waals surface area contributed by atoms with Crippen LogP contribution in [0.2, 0.25) is 0 Å². The predicted molar refractivity (Wildman–Crippen MR) is 85.0 cm³/mol. The number of H-pyrrole nitrogens is 2. The number of nitrogens with one attached hydrogen (secondary N) is 3. The van der Waals surface area contributed by atoms with Crippen LogP contribution < -0.4 is 10.9 Å². The van der Waals surface area contributed by atoms with Gasteiger partial charge in [-0.15, -0.1) is 11.3 Å². The summed E-state index contributed by atoms with van der Waals surface area (Å²) in [6.45, 7) is 2.99. The van der Waals surface area contributed by atoms with E-state index in [4.69, 9.17) is 4.98 Å². The van der Waals surface area contributed by atoms with E-state index in [2.05, 4.69) is 20.5 Å². The number of fused-ring (bicyclic) bond motifs is 2. The molecule has 3 aromatic rings. The third-order valence-corrected chi connectivity index (χ3v) is 6.10.